The van der Waals surface area contributed by atoms with Crippen LogP contribution in [0, 0.1) is 24.0 Å². The van der Waals surface area contributed by atoms with E-state index in [4.69, 9.17) is 9.15 Å². The quantitative estimate of drug-likeness (QED) is 0.500. The first-order valence-electron chi connectivity index (χ1n) is 6.72. The molecule has 0 unspecified atom stereocenters. The van der Waals surface area contributed by atoms with Gasteiger partial charge in [0.25, 0.3) is 5.91 Å². The summed E-state index contributed by atoms with van der Waals surface area (Å²) in [6.07, 6.45) is 1.17. The van der Waals surface area contributed by atoms with Gasteiger partial charge in [-0.05, 0) is 31.0 Å². The third-order valence-corrected chi connectivity index (χ3v) is 2.93. The molecule has 0 aliphatic heterocycles. The number of rotatable bonds is 6. The molecule has 0 aliphatic rings. The van der Waals surface area contributed by atoms with Crippen molar-refractivity contribution < 1.29 is 18.9 Å². The number of hydrazone groups is 1. The summed E-state index contributed by atoms with van der Waals surface area (Å²) in [6, 6.07) is 8.27. The van der Waals surface area contributed by atoms with Crippen molar-refractivity contribution in [2.45, 2.75) is 13.8 Å². The molecule has 1 aromatic carbocycles. The zero-order valence-corrected chi connectivity index (χ0v) is 12.6. The Bertz CT molecular complexity index is 731. The highest BCUT2D eigenvalue weighted by Crippen LogP contribution is 2.22. The molecule has 1 aromatic heterocycles. The van der Waals surface area contributed by atoms with Crippen molar-refractivity contribution in [1.82, 2.24) is 5.43 Å². The van der Waals surface area contributed by atoms with Crippen molar-refractivity contribution in [3.63, 3.8) is 0 Å². The van der Waals surface area contributed by atoms with Crippen molar-refractivity contribution >= 4 is 18.0 Å². The first-order chi connectivity index (χ1) is 11.0. The van der Waals surface area contributed by atoms with E-state index in [0.29, 0.717) is 5.75 Å². The van der Waals surface area contributed by atoms with E-state index in [1.54, 1.807) is 0 Å². The smallest absolute Gasteiger partial charge is 0.433 e. The second-order valence-corrected chi connectivity index (χ2v) is 4.74. The lowest BCUT2D eigenvalue weighted by molar-refractivity contribution is -0.402. The average molecular weight is 317 g/mol. The molecule has 2 rings (SSSR count). The molecule has 0 radical (unpaired) electrons. The Morgan fingerprint density at radius 1 is 1.35 bits per heavy atom. The summed E-state index contributed by atoms with van der Waals surface area (Å²) in [5, 5.41) is 14.1. The van der Waals surface area contributed by atoms with Gasteiger partial charge in [-0.3, -0.25) is 14.9 Å². The second kappa shape index (κ2) is 7.21. The largest absolute Gasteiger partial charge is 0.483 e. The summed E-state index contributed by atoms with van der Waals surface area (Å²) in [4.78, 5) is 21.4. The number of carbonyl (C=O) groups excluding carboxylic acids is 1. The van der Waals surface area contributed by atoms with Gasteiger partial charge in [0.05, 0.1) is 12.3 Å². The molecule has 2 aromatic rings. The third-order valence-electron chi connectivity index (χ3n) is 2.93. The van der Waals surface area contributed by atoms with E-state index in [1.807, 2.05) is 32.0 Å². The number of nitrogens with zero attached hydrogens (tertiary/aromatic N) is 2. The topological polar surface area (TPSA) is 107 Å². The number of carbonyl (C=O) groups is 1. The molecule has 0 fully saturated rings. The average Bonchev–Trinajstić information content (AvgIpc) is 2.96. The molecular formula is C15H15N3O5. The molecule has 8 nitrogen and oxygen atoms in total. The Labute approximate surface area is 131 Å². The maximum Gasteiger partial charge on any atom is 0.433 e. The monoisotopic (exact) mass is 317 g/mol. The van der Waals surface area contributed by atoms with Gasteiger partial charge in [0.2, 0.25) is 0 Å². The summed E-state index contributed by atoms with van der Waals surface area (Å²) in [7, 11) is 0. The molecule has 0 aliphatic carbocycles. The van der Waals surface area contributed by atoms with Gasteiger partial charge in [-0.2, -0.15) is 5.10 Å². The third kappa shape index (κ3) is 4.40. The standard InChI is InChI=1S/C15H15N3O5/c1-10-4-3-5-11(2)15(10)22-9-13(19)17-16-8-12-6-7-14(23-12)18(20)21/h3-8H,9H2,1-2H3,(H,17,19)/b16-8-. The highest BCUT2D eigenvalue weighted by molar-refractivity contribution is 5.81. The van der Waals surface area contributed by atoms with Crippen LogP contribution in [0.25, 0.3) is 0 Å². The lowest BCUT2D eigenvalue weighted by atomic mass is 10.1. The van der Waals surface area contributed by atoms with Crippen molar-refractivity contribution in [3.8, 4) is 5.75 Å². The van der Waals surface area contributed by atoms with Crippen LogP contribution < -0.4 is 10.2 Å². The number of nitro groups is 1. The molecule has 0 saturated heterocycles. The highest BCUT2D eigenvalue weighted by Gasteiger charge is 2.10. The van der Waals surface area contributed by atoms with E-state index < -0.39 is 16.7 Å². The van der Waals surface area contributed by atoms with Gasteiger partial charge in [0, 0.05) is 0 Å². The van der Waals surface area contributed by atoms with Crippen LogP contribution in [0.3, 0.4) is 0 Å². The minimum absolute atomic E-state index is 0.160. The fourth-order valence-electron chi connectivity index (χ4n) is 1.87. The number of para-hydroxylation sites is 1. The molecular weight excluding hydrogens is 302 g/mol. The molecule has 1 heterocycles. The number of ether oxygens (including phenoxy) is 1. The predicted molar refractivity (Wildman–Crippen MR) is 82.5 cm³/mol. The summed E-state index contributed by atoms with van der Waals surface area (Å²) in [6.45, 7) is 3.59. The van der Waals surface area contributed by atoms with Gasteiger partial charge >= 0.3 is 5.88 Å². The Morgan fingerprint density at radius 2 is 2.04 bits per heavy atom. The maximum atomic E-state index is 11.7. The van der Waals surface area contributed by atoms with Crippen LogP contribution >= 0.6 is 0 Å². The minimum atomic E-state index is -0.658. The van der Waals surface area contributed by atoms with Crippen LogP contribution in [0.2, 0.25) is 0 Å². The molecule has 0 spiro atoms. The summed E-state index contributed by atoms with van der Waals surface area (Å²) in [5.41, 5.74) is 4.12. The number of nitrogens with one attached hydrogen (secondary N) is 1. The molecule has 0 bridgehead atoms. The van der Waals surface area contributed by atoms with E-state index in [2.05, 4.69) is 10.5 Å². The lowest BCUT2D eigenvalue weighted by Gasteiger charge is -2.10. The van der Waals surface area contributed by atoms with E-state index in [0.717, 1.165) is 11.1 Å². The summed E-state index contributed by atoms with van der Waals surface area (Å²) < 4.78 is 10.3. The van der Waals surface area contributed by atoms with Gasteiger partial charge in [0.1, 0.15) is 10.7 Å². The second-order valence-electron chi connectivity index (χ2n) is 4.74. The molecule has 1 amide bonds. The Hall–Kier alpha value is -3.16. The normalized spacial score (nSPS) is 10.7. The van der Waals surface area contributed by atoms with E-state index >= 15 is 0 Å². The number of amides is 1. The molecule has 0 atom stereocenters. The van der Waals surface area contributed by atoms with Gasteiger partial charge in [-0.25, -0.2) is 5.43 Å². The van der Waals surface area contributed by atoms with Crippen molar-refractivity contribution in [2.24, 2.45) is 5.10 Å². The zero-order valence-electron chi connectivity index (χ0n) is 12.6. The first kappa shape index (κ1) is 16.2. The van der Waals surface area contributed by atoms with Gasteiger partial charge in [-0.1, -0.05) is 18.2 Å². The van der Waals surface area contributed by atoms with E-state index in [-0.39, 0.29) is 12.4 Å². The van der Waals surface area contributed by atoms with Gasteiger partial charge in [-0.15, -0.1) is 0 Å². The number of aryl methyl sites for hydroxylation is 2. The summed E-state index contributed by atoms with van der Waals surface area (Å²) in [5.74, 6) is -0.0259. The number of benzene rings is 1. The number of furan rings is 1. The number of hydrogen-bond donors (Lipinski definition) is 1. The summed E-state index contributed by atoms with van der Waals surface area (Å²) >= 11 is 0. The number of hydrogen-bond acceptors (Lipinski definition) is 6. The molecule has 120 valence electrons. The Kier molecular flexibility index (Phi) is 5.08. The lowest BCUT2D eigenvalue weighted by Crippen LogP contribution is -2.24. The van der Waals surface area contributed by atoms with E-state index in [9.17, 15) is 14.9 Å². The van der Waals surface area contributed by atoms with Crippen LogP contribution in [0.4, 0.5) is 5.88 Å². The SMILES string of the molecule is Cc1cccc(C)c1OCC(=O)N/N=C\c1ccc([N+](=O)[O-])o1. The highest BCUT2D eigenvalue weighted by atomic mass is 16.6. The van der Waals surface area contributed by atoms with Crippen molar-refractivity contribution in [1.29, 1.82) is 0 Å². The van der Waals surface area contributed by atoms with Crippen LogP contribution in [0.15, 0.2) is 39.9 Å². The fourth-order valence-corrected chi connectivity index (χ4v) is 1.87. The predicted octanol–water partition coefficient (Wildman–Crippen LogP) is 2.33. The maximum absolute atomic E-state index is 11.7. The fraction of sp³-hybridized carbons (Fsp3) is 0.200. The van der Waals surface area contributed by atoms with Crippen LogP contribution in [0.5, 0.6) is 5.75 Å². The van der Waals surface area contributed by atoms with Crippen LogP contribution in [-0.4, -0.2) is 23.7 Å². The van der Waals surface area contributed by atoms with Crippen molar-refractivity contribution in [2.75, 3.05) is 6.61 Å². The molecule has 8 heteroatoms. The van der Waals surface area contributed by atoms with Crippen molar-refractivity contribution in [3.05, 3.63) is 57.3 Å². The van der Waals surface area contributed by atoms with Gasteiger partial charge < -0.3 is 9.15 Å². The van der Waals surface area contributed by atoms with Crippen LogP contribution in [0.1, 0.15) is 16.9 Å². The Morgan fingerprint density at radius 3 is 2.65 bits per heavy atom. The van der Waals surface area contributed by atoms with Crippen LogP contribution in [-0.2, 0) is 4.79 Å². The zero-order chi connectivity index (χ0) is 16.8. The van der Waals surface area contributed by atoms with E-state index in [1.165, 1.54) is 18.3 Å². The molecule has 23 heavy (non-hydrogen) atoms. The Balaban J connectivity index is 1.85. The first-order valence-corrected chi connectivity index (χ1v) is 6.72. The minimum Gasteiger partial charge on any atom is -0.483 e. The molecule has 0 saturated carbocycles. The van der Waals surface area contributed by atoms with Gasteiger partial charge in [0.15, 0.2) is 12.4 Å². The molecule has 1 N–H and O–H groups in total.